The summed E-state index contributed by atoms with van der Waals surface area (Å²) in [5.74, 6) is -0.466. The van der Waals surface area contributed by atoms with E-state index in [1.165, 1.54) is 11.1 Å². The van der Waals surface area contributed by atoms with E-state index in [4.69, 9.17) is 14.6 Å². The summed E-state index contributed by atoms with van der Waals surface area (Å²) in [5, 5.41) is 9.64. The third-order valence-electron chi connectivity index (χ3n) is 8.35. The minimum Gasteiger partial charge on any atom is -0.482 e. The van der Waals surface area contributed by atoms with Gasteiger partial charge in [0.15, 0.2) is 6.61 Å². The molecule has 5 rings (SSSR count). The highest BCUT2D eigenvalue weighted by atomic mass is 32.2. The number of ether oxygens (including phenoxy) is 2. The highest BCUT2D eigenvalue weighted by Gasteiger charge is 2.45. The Kier molecular flexibility index (Phi) is 9.84. The average molecular weight is 581 g/mol. The molecule has 41 heavy (non-hydrogen) atoms. The van der Waals surface area contributed by atoms with Crippen LogP contribution in [0.4, 0.5) is 4.79 Å². The van der Waals surface area contributed by atoms with Crippen LogP contribution in [0.5, 0.6) is 5.75 Å². The zero-order valence-electron chi connectivity index (χ0n) is 23.9. The fourth-order valence-corrected chi connectivity index (χ4v) is 6.71. The van der Waals surface area contributed by atoms with Crippen molar-refractivity contribution < 1.29 is 24.2 Å². The molecule has 3 aliphatic rings. The van der Waals surface area contributed by atoms with Gasteiger partial charge in [0.2, 0.25) is 0 Å². The number of carboxylic acids is 1. The second kappa shape index (κ2) is 13.7. The predicted molar refractivity (Wildman–Crippen MR) is 157 cm³/mol. The van der Waals surface area contributed by atoms with Gasteiger partial charge in [-0.2, -0.15) is 0 Å². The summed E-state index contributed by atoms with van der Waals surface area (Å²) in [7, 11) is 0. The fourth-order valence-electron chi connectivity index (χ4n) is 5.95. The highest BCUT2D eigenvalue weighted by molar-refractivity contribution is 7.99. The van der Waals surface area contributed by atoms with Gasteiger partial charge in [-0.15, -0.1) is 0 Å². The topological polar surface area (TPSA) is 95.4 Å². The fraction of sp³-hybridized carbons (Fsp3) is 0.516. The number of likely N-dealkylation sites (tertiary alicyclic amines) is 1. The summed E-state index contributed by atoms with van der Waals surface area (Å²) in [6.45, 7) is 8.92. The Morgan fingerprint density at radius 3 is 2.46 bits per heavy atom. The van der Waals surface area contributed by atoms with Crippen LogP contribution in [0.15, 0.2) is 64.2 Å². The number of pyridine rings is 1. The first-order valence-corrected chi connectivity index (χ1v) is 15.3. The van der Waals surface area contributed by atoms with Crippen molar-refractivity contribution >= 4 is 23.8 Å². The van der Waals surface area contributed by atoms with Gasteiger partial charge in [-0.25, -0.2) is 14.6 Å². The van der Waals surface area contributed by atoms with Crippen LogP contribution in [0.25, 0.3) is 0 Å². The first kappa shape index (κ1) is 29.4. The van der Waals surface area contributed by atoms with E-state index in [-0.39, 0.29) is 24.7 Å². The van der Waals surface area contributed by atoms with Crippen molar-refractivity contribution in [2.45, 2.75) is 74.1 Å². The zero-order chi connectivity index (χ0) is 28.8. The number of carbonyl (C=O) groups is 2. The zero-order valence-corrected chi connectivity index (χ0v) is 24.7. The lowest BCUT2D eigenvalue weighted by Crippen LogP contribution is -2.50. The Labute approximate surface area is 246 Å². The number of nitrogens with zero attached hydrogens (tertiary/aromatic N) is 4. The van der Waals surface area contributed by atoms with Gasteiger partial charge in [0.1, 0.15) is 10.8 Å². The summed E-state index contributed by atoms with van der Waals surface area (Å²) in [6, 6.07) is 12.4. The maximum Gasteiger partial charge on any atom is 0.341 e. The van der Waals surface area contributed by atoms with Crippen LogP contribution in [0.3, 0.4) is 0 Å². The molecule has 1 aromatic heterocycles. The van der Waals surface area contributed by atoms with E-state index in [0.29, 0.717) is 11.8 Å². The van der Waals surface area contributed by atoms with Crippen molar-refractivity contribution in [2.24, 2.45) is 0 Å². The summed E-state index contributed by atoms with van der Waals surface area (Å²) >= 11 is 1.56. The molecule has 2 aromatic rings. The third-order valence-corrected chi connectivity index (χ3v) is 9.31. The van der Waals surface area contributed by atoms with Crippen LogP contribution < -0.4 is 4.74 Å². The quantitative estimate of drug-likeness (QED) is 0.396. The van der Waals surface area contributed by atoms with Crippen LogP contribution >= 0.6 is 11.8 Å². The molecule has 2 amide bonds. The molecule has 0 spiro atoms. The lowest BCUT2D eigenvalue weighted by atomic mass is 9.99. The number of aromatic nitrogens is 1. The minimum atomic E-state index is -0.996. The molecule has 3 fully saturated rings. The van der Waals surface area contributed by atoms with Crippen molar-refractivity contribution in [3.05, 3.63) is 59.8 Å². The molecule has 10 heteroatoms. The minimum absolute atomic E-state index is 0.162. The predicted octanol–water partition coefficient (Wildman–Crippen LogP) is 4.91. The molecule has 3 aliphatic heterocycles. The van der Waals surface area contributed by atoms with Crippen LogP contribution in [0.2, 0.25) is 0 Å². The van der Waals surface area contributed by atoms with Crippen molar-refractivity contribution in [1.82, 2.24) is 19.7 Å². The van der Waals surface area contributed by atoms with E-state index in [2.05, 4.69) is 45.7 Å². The first-order chi connectivity index (χ1) is 19.9. The van der Waals surface area contributed by atoms with Crippen molar-refractivity contribution in [3.63, 3.8) is 0 Å². The first-order valence-electron chi connectivity index (χ1n) is 14.5. The summed E-state index contributed by atoms with van der Waals surface area (Å²) in [6.07, 6.45) is 7.93. The molecule has 220 valence electrons. The van der Waals surface area contributed by atoms with E-state index < -0.39 is 5.97 Å². The lowest BCUT2D eigenvalue weighted by molar-refractivity contribution is -0.139. The van der Waals surface area contributed by atoms with E-state index in [9.17, 15) is 9.59 Å². The molecule has 9 nitrogen and oxygen atoms in total. The van der Waals surface area contributed by atoms with Crippen LogP contribution in [-0.2, 0) is 16.1 Å². The molecule has 0 aliphatic carbocycles. The summed E-state index contributed by atoms with van der Waals surface area (Å²) in [4.78, 5) is 36.8. The number of benzene rings is 1. The number of piperidine rings is 1. The Morgan fingerprint density at radius 1 is 1.10 bits per heavy atom. The number of aliphatic carboxylic acids is 1. The number of allylic oxidation sites excluding steroid dienone is 1. The molecule has 3 saturated heterocycles. The van der Waals surface area contributed by atoms with E-state index >= 15 is 0 Å². The lowest BCUT2D eigenvalue weighted by Gasteiger charge is -2.39. The Hall–Kier alpha value is -3.08. The van der Waals surface area contributed by atoms with Crippen molar-refractivity contribution in [1.29, 1.82) is 0 Å². The van der Waals surface area contributed by atoms with Gasteiger partial charge in [-0.1, -0.05) is 29.5 Å². The second-order valence-corrected chi connectivity index (χ2v) is 12.1. The molecule has 1 atom stereocenters. The Morgan fingerprint density at radius 2 is 1.83 bits per heavy atom. The molecule has 1 N–H and O–H groups in total. The molecular weight excluding hydrogens is 540 g/mol. The van der Waals surface area contributed by atoms with E-state index in [1.54, 1.807) is 23.9 Å². The van der Waals surface area contributed by atoms with Crippen LogP contribution in [0.1, 0.15) is 45.1 Å². The number of carboxylic acid groups (broad SMARTS) is 1. The van der Waals surface area contributed by atoms with Gasteiger partial charge in [0.25, 0.3) is 0 Å². The number of carbonyl (C=O) groups excluding carboxylic acids is 1. The SMILES string of the molecule is C/C=C(\C)C1CN(C2CCOCC2)C(=O)N1C1CCN(Cc2ccc(Sc3ccc(OCC(=O)O)cc3)nc2)CC1. The normalized spacial score (nSPS) is 21.5. The average Bonchev–Trinajstić information content (AvgIpc) is 3.35. The Bertz CT molecular complexity index is 1210. The molecule has 0 bridgehead atoms. The largest absolute Gasteiger partial charge is 0.482 e. The van der Waals surface area contributed by atoms with Gasteiger partial charge in [-0.3, -0.25) is 4.90 Å². The van der Waals surface area contributed by atoms with Crippen molar-refractivity contribution in [2.75, 3.05) is 39.5 Å². The smallest absolute Gasteiger partial charge is 0.341 e. The number of rotatable bonds is 10. The van der Waals surface area contributed by atoms with Crippen molar-refractivity contribution in [3.8, 4) is 5.75 Å². The Balaban J connectivity index is 1.13. The third kappa shape index (κ3) is 7.42. The van der Waals surface area contributed by atoms with Crippen LogP contribution in [0, 0.1) is 0 Å². The number of urea groups is 1. The monoisotopic (exact) mass is 580 g/mol. The summed E-state index contributed by atoms with van der Waals surface area (Å²) < 4.78 is 10.7. The maximum atomic E-state index is 13.7. The molecular formula is C31H40N4O5S. The molecule has 0 radical (unpaired) electrons. The standard InChI is InChI=1S/C31H40N4O5S/c1-3-22(2)28-20-34(24-12-16-39-17-13-24)31(38)35(28)25-10-14-33(15-11-25)19-23-4-9-29(32-18-23)41-27-7-5-26(6-8-27)40-21-30(36)37/h3-9,18,24-25,28H,10-17,19-21H2,1-2H3,(H,36,37)/b22-3+. The van der Waals surface area contributed by atoms with E-state index in [0.717, 1.165) is 75.0 Å². The summed E-state index contributed by atoms with van der Waals surface area (Å²) in [5.41, 5.74) is 2.46. The van der Waals surface area contributed by atoms with E-state index in [1.807, 2.05) is 24.4 Å². The number of hydrogen-bond acceptors (Lipinski definition) is 7. The van der Waals surface area contributed by atoms with Gasteiger partial charge in [0.05, 0.1) is 6.04 Å². The number of amides is 2. The second-order valence-electron chi connectivity index (χ2n) is 11.0. The van der Waals surface area contributed by atoms with Gasteiger partial charge in [-0.05, 0) is 75.4 Å². The molecule has 0 saturated carbocycles. The highest BCUT2D eigenvalue weighted by Crippen LogP contribution is 2.33. The maximum absolute atomic E-state index is 13.7. The van der Waals surface area contributed by atoms with Gasteiger partial charge >= 0.3 is 12.0 Å². The van der Waals surface area contributed by atoms with Gasteiger partial charge < -0.3 is 24.4 Å². The number of hydrogen-bond donors (Lipinski definition) is 1. The molecule has 4 heterocycles. The van der Waals surface area contributed by atoms with Crippen LogP contribution in [-0.4, -0.2) is 94.4 Å². The van der Waals surface area contributed by atoms with Gasteiger partial charge in [0, 0.05) is 62.6 Å². The molecule has 1 unspecified atom stereocenters. The molecule has 1 aromatic carbocycles.